The van der Waals surface area contributed by atoms with E-state index in [0.717, 1.165) is 13.0 Å². The van der Waals surface area contributed by atoms with Gasteiger partial charge < -0.3 is 5.32 Å². The van der Waals surface area contributed by atoms with Crippen molar-refractivity contribution in [1.82, 2.24) is 5.32 Å². The molecule has 92 valence electrons. The topological polar surface area (TPSA) is 35.8 Å². The van der Waals surface area contributed by atoms with Crippen LogP contribution in [0.15, 0.2) is 30.3 Å². The van der Waals surface area contributed by atoms with Crippen LogP contribution in [0.5, 0.6) is 0 Å². The summed E-state index contributed by atoms with van der Waals surface area (Å²) in [6, 6.07) is 12.7. The molecule has 0 atom stereocenters. The quantitative estimate of drug-likeness (QED) is 0.841. The smallest absolute Gasteiger partial charge is 0.0684 e. The van der Waals surface area contributed by atoms with Gasteiger partial charge in [0.1, 0.15) is 0 Å². The third kappa shape index (κ3) is 4.20. The van der Waals surface area contributed by atoms with Gasteiger partial charge >= 0.3 is 0 Å². The Morgan fingerprint density at radius 1 is 1.12 bits per heavy atom. The van der Waals surface area contributed by atoms with Gasteiger partial charge in [0.2, 0.25) is 0 Å². The monoisotopic (exact) mass is 230 g/mol. The average Bonchev–Trinajstić information content (AvgIpc) is 2.30. The first-order valence-corrected chi connectivity index (χ1v) is 6.09. The van der Waals surface area contributed by atoms with E-state index >= 15 is 0 Å². The molecule has 1 aromatic rings. The van der Waals surface area contributed by atoms with Crippen molar-refractivity contribution in [2.45, 2.75) is 39.7 Å². The fraction of sp³-hybridized carbons (Fsp3) is 0.533. The number of hydrogen-bond acceptors (Lipinski definition) is 2. The minimum absolute atomic E-state index is 0.0488. The van der Waals surface area contributed by atoms with E-state index in [4.69, 9.17) is 5.26 Å². The molecule has 0 saturated heterocycles. The molecule has 0 amide bonds. The summed E-state index contributed by atoms with van der Waals surface area (Å²) in [5, 5.41) is 12.5. The number of rotatable bonds is 5. The van der Waals surface area contributed by atoms with E-state index in [0.29, 0.717) is 0 Å². The molecular weight excluding hydrogens is 208 g/mol. The Morgan fingerprint density at radius 2 is 1.71 bits per heavy atom. The Morgan fingerprint density at radius 3 is 2.24 bits per heavy atom. The summed E-state index contributed by atoms with van der Waals surface area (Å²) in [6.07, 6.45) is 0.861. The van der Waals surface area contributed by atoms with Crippen LogP contribution in [0.2, 0.25) is 0 Å². The normalized spacial score (nSPS) is 12.2. The minimum atomic E-state index is -0.250. The van der Waals surface area contributed by atoms with Crippen molar-refractivity contribution in [1.29, 1.82) is 5.26 Å². The molecule has 0 spiro atoms. The molecule has 0 unspecified atom stereocenters. The summed E-state index contributed by atoms with van der Waals surface area (Å²) in [5.41, 5.74) is 0.974. The summed E-state index contributed by atoms with van der Waals surface area (Å²) in [5.74, 6) is 0. The van der Waals surface area contributed by atoms with Gasteiger partial charge in [-0.25, -0.2) is 0 Å². The van der Waals surface area contributed by atoms with Crippen LogP contribution >= 0.6 is 0 Å². The van der Waals surface area contributed by atoms with Crippen LogP contribution in [0, 0.1) is 16.7 Å². The molecular formula is C15H22N2. The third-order valence-electron chi connectivity index (χ3n) is 3.12. The van der Waals surface area contributed by atoms with Crippen LogP contribution < -0.4 is 5.32 Å². The lowest BCUT2D eigenvalue weighted by molar-refractivity contribution is 0.354. The van der Waals surface area contributed by atoms with Crippen molar-refractivity contribution in [2.75, 3.05) is 6.54 Å². The number of nitrogens with one attached hydrogen (secondary N) is 1. The van der Waals surface area contributed by atoms with E-state index in [9.17, 15) is 0 Å². The van der Waals surface area contributed by atoms with Crippen molar-refractivity contribution in [3.8, 4) is 6.07 Å². The van der Waals surface area contributed by atoms with E-state index < -0.39 is 0 Å². The summed E-state index contributed by atoms with van der Waals surface area (Å²) < 4.78 is 0. The number of benzene rings is 1. The van der Waals surface area contributed by atoms with Crippen LogP contribution in [0.4, 0.5) is 0 Å². The molecule has 1 N–H and O–H groups in total. The van der Waals surface area contributed by atoms with E-state index in [1.165, 1.54) is 5.56 Å². The highest BCUT2D eigenvalue weighted by Crippen LogP contribution is 2.22. The van der Waals surface area contributed by atoms with Gasteiger partial charge in [-0.1, -0.05) is 30.3 Å². The lowest BCUT2D eigenvalue weighted by atomic mass is 9.89. The van der Waals surface area contributed by atoms with Gasteiger partial charge in [0, 0.05) is 5.54 Å². The summed E-state index contributed by atoms with van der Waals surface area (Å²) in [6.45, 7) is 9.14. The molecule has 2 nitrogen and oxygen atoms in total. The average molecular weight is 230 g/mol. The molecule has 0 saturated carbocycles. The van der Waals surface area contributed by atoms with Gasteiger partial charge in [0.15, 0.2) is 0 Å². The fourth-order valence-corrected chi connectivity index (χ4v) is 1.70. The maximum absolute atomic E-state index is 8.96. The number of nitrogens with zero attached hydrogens (tertiary/aromatic N) is 1. The van der Waals surface area contributed by atoms with Crippen LogP contribution in [0.25, 0.3) is 0 Å². The predicted molar refractivity (Wildman–Crippen MR) is 71.5 cm³/mol. The second kappa shape index (κ2) is 5.33. The summed E-state index contributed by atoms with van der Waals surface area (Å²) in [4.78, 5) is 0. The van der Waals surface area contributed by atoms with Crippen molar-refractivity contribution in [2.24, 2.45) is 5.41 Å². The molecule has 0 aliphatic heterocycles. The zero-order chi connectivity index (χ0) is 12.9. The summed E-state index contributed by atoms with van der Waals surface area (Å²) in [7, 11) is 0. The SMILES string of the molecule is CC(C)(C#N)CCNC(C)(C)c1ccccc1. The van der Waals surface area contributed by atoms with Gasteiger partial charge in [0.25, 0.3) is 0 Å². The van der Waals surface area contributed by atoms with Crippen molar-refractivity contribution in [3.05, 3.63) is 35.9 Å². The zero-order valence-electron chi connectivity index (χ0n) is 11.2. The molecule has 2 heteroatoms. The number of nitriles is 1. The van der Waals surface area contributed by atoms with Crippen LogP contribution in [-0.4, -0.2) is 6.54 Å². The van der Waals surface area contributed by atoms with E-state index in [2.05, 4.69) is 49.5 Å². The first-order chi connectivity index (χ1) is 7.87. The lowest BCUT2D eigenvalue weighted by Crippen LogP contribution is -2.38. The highest BCUT2D eigenvalue weighted by Gasteiger charge is 2.21. The molecule has 0 aliphatic rings. The van der Waals surface area contributed by atoms with E-state index in [-0.39, 0.29) is 11.0 Å². The van der Waals surface area contributed by atoms with Crippen LogP contribution in [0.1, 0.15) is 39.7 Å². The number of hydrogen-bond donors (Lipinski definition) is 1. The van der Waals surface area contributed by atoms with Gasteiger partial charge in [-0.3, -0.25) is 0 Å². The Labute approximate surface area is 105 Å². The van der Waals surface area contributed by atoms with Crippen molar-refractivity contribution in [3.63, 3.8) is 0 Å². The Kier molecular flexibility index (Phi) is 4.31. The first-order valence-electron chi connectivity index (χ1n) is 6.09. The molecule has 0 fully saturated rings. The molecule has 17 heavy (non-hydrogen) atoms. The highest BCUT2D eigenvalue weighted by molar-refractivity contribution is 5.22. The first kappa shape index (κ1) is 13.7. The van der Waals surface area contributed by atoms with Crippen LogP contribution in [-0.2, 0) is 5.54 Å². The van der Waals surface area contributed by atoms with Gasteiger partial charge in [-0.15, -0.1) is 0 Å². The van der Waals surface area contributed by atoms with Gasteiger partial charge in [-0.05, 0) is 46.2 Å². The third-order valence-corrected chi connectivity index (χ3v) is 3.12. The van der Waals surface area contributed by atoms with Gasteiger partial charge in [-0.2, -0.15) is 5.26 Å². The Balaban J connectivity index is 2.55. The second-order valence-electron chi connectivity index (χ2n) is 5.66. The second-order valence-corrected chi connectivity index (χ2v) is 5.66. The molecule has 1 aromatic carbocycles. The molecule has 0 aliphatic carbocycles. The Hall–Kier alpha value is -1.33. The maximum atomic E-state index is 8.96. The van der Waals surface area contributed by atoms with Gasteiger partial charge in [0.05, 0.1) is 11.5 Å². The zero-order valence-corrected chi connectivity index (χ0v) is 11.2. The summed E-state index contributed by atoms with van der Waals surface area (Å²) >= 11 is 0. The molecule has 0 radical (unpaired) electrons. The van der Waals surface area contributed by atoms with Crippen LogP contribution in [0.3, 0.4) is 0 Å². The largest absolute Gasteiger partial charge is 0.308 e. The van der Waals surface area contributed by atoms with Crippen molar-refractivity contribution >= 4 is 0 Å². The minimum Gasteiger partial charge on any atom is -0.308 e. The predicted octanol–water partition coefficient (Wildman–Crippen LogP) is 3.45. The standard InChI is InChI=1S/C15H22N2/c1-14(2,12-16)10-11-17-15(3,4)13-8-6-5-7-9-13/h5-9,17H,10-11H2,1-4H3. The molecule has 0 bridgehead atoms. The van der Waals surface area contributed by atoms with Crippen molar-refractivity contribution < 1.29 is 0 Å². The molecule has 0 heterocycles. The molecule has 0 aromatic heterocycles. The van der Waals surface area contributed by atoms with E-state index in [1.54, 1.807) is 0 Å². The Bertz CT molecular complexity index is 385. The fourth-order valence-electron chi connectivity index (χ4n) is 1.70. The maximum Gasteiger partial charge on any atom is 0.0684 e. The lowest BCUT2D eigenvalue weighted by Gasteiger charge is -2.28. The van der Waals surface area contributed by atoms with E-state index in [1.807, 2.05) is 19.9 Å². The molecule has 1 rings (SSSR count). The highest BCUT2D eigenvalue weighted by atomic mass is 14.9.